The van der Waals surface area contributed by atoms with Crippen molar-refractivity contribution in [3.8, 4) is 0 Å². The van der Waals surface area contributed by atoms with Gasteiger partial charge in [-0.1, -0.05) is 11.6 Å². The Balaban J connectivity index is 1.57. The van der Waals surface area contributed by atoms with E-state index in [1.807, 2.05) is 13.0 Å². The molecule has 3 saturated heterocycles. The predicted molar refractivity (Wildman–Crippen MR) is 76.3 cm³/mol. The first kappa shape index (κ1) is 15.1. The second-order valence-corrected chi connectivity index (χ2v) is 7.78. The van der Waals surface area contributed by atoms with Crippen LogP contribution in [0.25, 0.3) is 0 Å². The molecule has 6 nitrogen and oxygen atoms in total. The predicted octanol–water partition coefficient (Wildman–Crippen LogP) is -0.107. The van der Waals surface area contributed by atoms with Gasteiger partial charge in [-0.15, -0.1) is 0 Å². The number of ether oxygens (including phenoxy) is 3. The number of hydrogen-bond donors (Lipinski definition) is 3. The average Bonchev–Trinajstić information content (AvgIpc) is 3.32. The van der Waals surface area contributed by atoms with Crippen LogP contribution in [0.5, 0.6) is 0 Å². The van der Waals surface area contributed by atoms with E-state index in [4.69, 9.17) is 19.3 Å². The highest BCUT2D eigenvalue weighted by molar-refractivity contribution is 5.33. The molecule has 0 bridgehead atoms. The molecule has 7 unspecified atom stereocenters. The minimum absolute atomic E-state index is 0.0281. The Labute approximate surface area is 129 Å². The fraction of sp³-hybridized carbons (Fsp3) is 0.875. The molecule has 0 radical (unpaired) electrons. The van der Waals surface area contributed by atoms with Crippen molar-refractivity contribution in [3.63, 3.8) is 0 Å². The van der Waals surface area contributed by atoms with Gasteiger partial charge in [-0.05, 0) is 20.8 Å². The largest absolute Gasteiger partial charge is 0.392 e. The van der Waals surface area contributed by atoms with Crippen molar-refractivity contribution in [3.05, 3.63) is 11.6 Å². The zero-order valence-electron chi connectivity index (χ0n) is 13.2. The van der Waals surface area contributed by atoms with Crippen LogP contribution in [0.1, 0.15) is 33.6 Å². The van der Waals surface area contributed by atoms with Gasteiger partial charge < -0.3 is 29.5 Å². The first-order valence-corrected chi connectivity index (χ1v) is 7.92. The highest BCUT2D eigenvalue weighted by Gasteiger charge is 2.84. The minimum Gasteiger partial charge on any atom is -0.392 e. The van der Waals surface area contributed by atoms with Gasteiger partial charge in [-0.25, -0.2) is 0 Å². The van der Waals surface area contributed by atoms with Crippen molar-refractivity contribution in [2.45, 2.75) is 80.9 Å². The summed E-state index contributed by atoms with van der Waals surface area (Å²) in [5.74, 6) is 0. The van der Waals surface area contributed by atoms with E-state index in [0.717, 1.165) is 5.57 Å². The molecule has 3 N–H and O–H groups in total. The summed E-state index contributed by atoms with van der Waals surface area (Å²) in [7, 11) is 0. The Bertz CT molecular complexity index is 525. The van der Waals surface area contributed by atoms with Crippen LogP contribution >= 0.6 is 0 Å². The van der Waals surface area contributed by atoms with E-state index in [9.17, 15) is 10.2 Å². The van der Waals surface area contributed by atoms with E-state index in [1.165, 1.54) is 0 Å². The maximum absolute atomic E-state index is 11.0. The molecule has 0 amide bonds. The smallest absolute Gasteiger partial charge is 0.130 e. The summed E-state index contributed by atoms with van der Waals surface area (Å²) in [5.41, 5.74) is -1.63. The normalized spacial score (nSPS) is 52.8. The Morgan fingerprint density at radius 2 is 1.91 bits per heavy atom. The molecular weight excluding hydrogens is 288 g/mol. The molecule has 22 heavy (non-hydrogen) atoms. The molecule has 6 heteroatoms. The van der Waals surface area contributed by atoms with Gasteiger partial charge in [0.1, 0.15) is 35.6 Å². The summed E-state index contributed by atoms with van der Waals surface area (Å²) >= 11 is 0. The molecule has 7 atom stereocenters. The number of epoxide rings is 2. The lowest BCUT2D eigenvalue weighted by molar-refractivity contribution is -0.108. The van der Waals surface area contributed by atoms with Crippen molar-refractivity contribution in [2.75, 3.05) is 6.61 Å². The van der Waals surface area contributed by atoms with E-state index in [-0.39, 0.29) is 24.9 Å². The third-order valence-electron chi connectivity index (χ3n) is 5.63. The van der Waals surface area contributed by atoms with Crippen molar-refractivity contribution < 1.29 is 29.5 Å². The first-order chi connectivity index (χ1) is 10.2. The second-order valence-electron chi connectivity index (χ2n) is 7.78. The SMILES string of the molecule is CC(=CCC12OC1C1OC(C(C)(C)O)CC1(O)C1OC12)CO. The van der Waals surface area contributed by atoms with Crippen LogP contribution in [-0.4, -0.2) is 69.2 Å². The Morgan fingerprint density at radius 3 is 2.55 bits per heavy atom. The third kappa shape index (κ3) is 1.89. The zero-order chi connectivity index (χ0) is 15.9. The van der Waals surface area contributed by atoms with Crippen molar-refractivity contribution in [2.24, 2.45) is 0 Å². The number of rotatable bonds is 4. The van der Waals surface area contributed by atoms with Gasteiger partial charge in [0, 0.05) is 12.8 Å². The lowest BCUT2D eigenvalue weighted by atomic mass is 9.74. The lowest BCUT2D eigenvalue weighted by Crippen LogP contribution is -2.54. The molecule has 0 aromatic carbocycles. The van der Waals surface area contributed by atoms with Crippen LogP contribution in [-0.2, 0) is 14.2 Å². The lowest BCUT2D eigenvalue weighted by Gasteiger charge is -2.30. The van der Waals surface area contributed by atoms with Crippen molar-refractivity contribution >= 4 is 0 Å². The van der Waals surface area contributed by atoms with Crippen LogP contribution < -0.4 is 0 Å². The fourth-order valence-corrected chi connectivity index (χ4v) is 4.08. The fourth-order valence-electron chi connectivity index (χ4n) is 4.08. The van der Waals surface area contributed by atoms with Crippen LogP contribution in [0.3, 0.4) is 0 Å². The molecule has 124 valence electrons. The summed E-state index contributed by atoms with van der Waals surface area (Å²) in [6.07, 6.45) is 1.47. The topological polar surface area (TPSA) is 95.0 Å². The second kappa shape index (κ2) is 4.32. The van der Waals surface area contributed by atoms with E-state index in [0.29, 0.717) is 12.8 Å². The Hall–Kier alpha value is -0.500. The summed E-state index contributed by atoms with van der Waals surface area (Å²) < 4.78 is 17.7. The molecule has 0 spiro atoms. The van der Waals surface area contributed by atoms with Crippen molar-refractivity contribution in [1.29, 1.82) is 0 Å². The Morgan fingerprint density at radius 1 is 1.23 bits per heavy atom. The minimum atomic E-state index is -1.07. The maximum atomic E-state index is 11.0. The third-order valence-corrected chi connectivity index (χ3v) is 5.63. The molecule has 4 fully saturated rings. The van der Waals surface area contributed by atoms with Gasteiger partial charge in [0.25, 0.3) is 0 Å². The average molecular weight is 312 g/mol. The molecule has 3 aliphatic heterocycles. The molecule has 4 rings (SSSR count). The monoisotopic (exact) mass is 312 g/mol. The van der Waals surface area contributed by atoms with Crippen LogP contribution in [0.2, 0.25) is 0 Å². The molecule has 3 heterocycles. The summed E-state index contributed by atoms with van der Waals surface area (Å²) in [6.45, 7) is 5.28. The number of aliphatic hydroxyl groups is 3. The summed E-state index contributed by atoms with van der Waals surface area (Å²) in [4.78, 5) is 0. The zero-order valence-corrected chi connectivity index (χ0v) is 13.2. The molecule has 0 aromatic rings. The van der Waals surface area contributed by atoms with E-state index in [2.05, 4.69) is 0 Å². The van der Waals surface area contributed by atoms with E-state index in [1.54, 1.807) is 13.8 Å². The van der Waals surface area contributed by atoms with Crippen LogP contribution in [0, 0.1) is 0 Å². The summed E-state index contributed by atoms with van der Waals surface area (Å²) in [5, 5.41) is 30.3. The highest BCUT2D eigenvalue weighted by Crippen LogP contribution is 2.65. The Kier molecular flexibility index (Phi) is 2.95. The number of fused-ring (bicyclic) bond motifs is 6. The number of aliphatic hydroxyl groups excluding tert-OH is 1. The highest BCUT2D eigenvalue weighted by atomic mass is 16.7. The summed E-state index contributed by atoms with van der Waals surface area (Å²) in [6, 6.07) is 0. The maximum Gasteiger partial charge on any atom is 0.130 e. The van der Waals surface area contributed by atoms with Crippen molar-refractivity contribution in [1.82, 2.24) is 0 Å². The molecule has 4 aliphatic rings. The first-order valence-electron chi connectivity index (χ1n) is 7.92. The molecular formula is C16H24O6. The van der Waals surface area contributed by atoms with Gasteiger partial charge >= 0.3 is 0 Å². The van der Waals surface area contributed by atoms with Crippen LogP contribution in [0.4, 0.5) is 0 Å². The van der Waals surface area contributed by atoms with Gasteiger partial charge in [0.2, 0.25) is 0 Å². The molecule has 1 aliphatic carbocycles. The van der Waals surface area contributed by atoms with E-state index >= 15 is 0 Å². The van der Waals surface area contributed by atoms with Gasteiger partial charge in [-0.2, -0.15) is 0 Å². The van der Waals surface area contributed by atoms with Gasteiger partial charge in [0.15, 0.2) is 0 Å². The van der Waals surface area contributed by atoms with Gasteiger partial charge in [-0.3, -0.25) is 0 Å². The molecule has 0 aromatic heterocycles. The standard InChI is InChI=1S/C16H24O6/c1-8(7-17)4-5-16-12-10(21-12)15(19)6-9(14(2,3)18)20-11(15)13(16)22-16/h4,9-13,17-19H,5-7H2,1-3H3. The van der Waals surface area contributed by atoms with Gasteiger partial charge in [0.05, 0.1) is 18.3 Å². The van der Waals surface area contributed by atoms with E-state index < -0.39 is 29.0 Å². The molecule has 1 saturated carbocycles. The number of hydrogen-bond acceptors (Lipinski definition) is 6. The van der Waals surface area contributed by atoms with Crippen LogP contribution in [0.15, 0.2) is 11.6 Å². The quantitative estimate of drug-likeness (QED) is 0.495.